The molecule has 0 bridgehead atoms. The van der Waals surface area contributed by atoms with Crippen LogP contribution in [-0.2, 0) is 0 Å². The van der Waals surface area contributed by atoms with Crippen LogP contribution in [0, 0.1) is 0 Å². The number of fused-ring (bicyclic) bond motifs is 1. The number of pyridine rings is 1. The van der Waals surface area contributed by atoms with Crippen molar-refractivity contribution in [2.24, 2.45) is 5.10 Å². The summed E-state index contributed by atoms with van der Waals surface area (Å²) in [5.41, 5.74) is 6.52. The molecule has 1 heterocycles. The van der Waals surface area contributed by atoms with Gasteiger partial charge in [0.15, 0.2) is 0 Å². The van der Waals surface area contributed by atoms with Crippen molar-refractivity contribution in [2.75, 3.05) is 14.2 Å². The Morgan fingerprint density at radius 3 is 2.59 bits per heavy atom. The zero-order valence-electron chi connectivity index (χ0n) is 16.7. The highest BCUT2D eigenvalue weighted by Gasteiger charge is 2.27. The number of carbonyl (C=O) groups is 1. The standard InChI is InChI=1S/C23H23N3O3/c1-14(17-11-10-16(28-2)12-22(17)29-3)25-26-23(27)19-13-21(15-8-9-15)24-20-7-5-4-6-18(19)20/h4-7,10-13,15H,8-9H2,1-3H3,(H,26,27)/b25-14-. The van der Waals surface area contributed by atoms with Crippen LogP contribution in [0.2, 0.25) is 0 Å². The number of ether oxygens (including phenoxy) is 2. The molecule has 1 N–H and O–H groups in total. The molecule has 148 valence electrons. The maximum Gasteiger partial charge on any atom is 0.272 e. The van der Waals surface area contributed by atoms with E-state index in [9.17, 15) is 4.79 Å². The molecule has 4 rings (SSSR count). The highest BCUT2D eigenvalue weighted by atomic mass is 16.5. The molecule has 1 aromatic heterocycles. The summed E-state index contributed by atoms with van der Waals surface area (Å²) in [6, 6.07) is 15.1. The molecule has 1 fully saturated rings. The first-order valence-electron chi connectivity index (χ1n) is 9.57. The van der Waals surface area contributed by atoms with Crippen molar-refractivity contribution < 1.29 is 14.3 Å². The van der Waals surface area contributed by atoms with Gasteiger partial charge in [-0.25, -0.2) is 5.43 Å². The molecule has 0 radical (unpaired) electrons. The molecule has 0 saturated heterocycles. The third kappa shape index (κ3) is 3.92. The number of hydrazone groups is 1. The molecule has 1 aliphatic carbocycles. The second-order valence-corrected chi connectivity index (χ2v) is 7.09. The molecule has 0 unspecified atom stereocenters. The monoisotopic (exact) mass is 389 g/mol. The van der Waals surface area contributed by atoms with Crippen LogP contribution in [0.1, 0.15) is 47.3 Å². The van der Waals surface area contributed by atoms with Crippen molar-refractivity contribution in [3.8, 4) is 11.5 Å². The van der Waals surface area contributed by atoms with Crippen molar-refractivity contribution >= 4 is 22.5 Å². The summed E-state index contributed by atoms with van der Waals surface area (Å²) in [7, 11) is 3.19. The summed E-state index contributed by atoms with van der Waals surface area (Å²) in [4.78, 5) is 17.7. The van der Waals surface area contributed by atoms with Crippen LogP contribution < -0.4 is 14.9 Å². The second-order valence-electron chi connectivity index (χ2n) is 7.09. The van der Waals surface area contributed by atoms with E-state index in [2.05, 4.69) is 10.5 Å². The number of hydrogen-bond donors (Lipinski definition) is 1. The zero-order chi connectivity index (χ0) is 20.4. The third-order valence-corrected chi connectivity index (χ3v) is 5.10. The van der Waals surface area contributed by atoms with E-state index in [4.69, 9.17) is 14.5 Å². The van der Waals surface area contributed by atoms with Crippen molar-refractivity contribution in [2.45, 2.75) is 25.7 Å². The average molecular weight is 389 g/mol. The molecule has 3 aromatic rings. The zero-order valence-corrected chi connectivity index (χ0v) is 16.7. The summed E-state index contributed by atoms with van der Waals surface area (Å²) >= 11 is 0. The van der Waals surface area contributed by atoms with Gasteiger partial charge in [-0.05, 0) is 44.0 Å². The number of amides is 1. The molecular formula is C23H23N3O3. The van der Waals surface area contributed by atoms with E-state index in [1.54, 1.807) is 20.3 Å². The summed E-state index contributed by atoms with van der Waals surface area (Å²) in [6.07, 6.45) is 2.25. The highest BCUT2D eigenvalue weighted by molar-refractivity contribution is 6.07. The first-order valence-corrected chi connectivity index (χ1v) is 9.57. The maximum atomic E-state index is 12.9. The number of carbonyl (C=O) groups excluding carboxylic acids is 1. The van der Waals surface area contributed by atoms with Crippen molar-refractivity contribution in [3.63, 3.8) is 0 Å². The summed E-state index contributed by atoms with van der Waals surface area (Å²) in [6.45, 7) is 1.82. The minimum Gasteiger partial charge on any atom is -0.497 e. The van der Waals surface area contributed by atoms with Crippen LogP contribution in [0.4, 0.5) is 0 Å². The highest BCUT2D eigenvalue weighted by Crippen LogP contribution is 2.40. The molecule has 6 nitrogen and oxygen atoms in total. The molecule has 29 heavy (non-hydrogen) atoms. The number of rotatable bonds is 6. The molecule has 1 amide bonds. The lowest BCUT2D eigenvalue weighted by molar-refractivity contribution is 0.0956. The second kappa shape index (κ2) is 7.91. The Labute approximate surface area is 169 Å². The van der Waals surface area contributed by atoms with E-state index in [1.165, 1.54) is 0 Å². The van der Waals surface area contributed by atoms with Gasteiger partial charge >= 0.3 is 0 Å². The fourth-order valence-corrected chi connectivity index (χ4v) is 3.32. The molecule has 1 saturated carbocycles. The fourth-order valence-electron chi connectivity index (χ4n) is 3.32. The number of aromatic nitrogens is 1. The predicted octanol–water partition coefficient (Wildman–Crippen LogP) is 4.28. The lowest BCUT2D eigenvalue weighted by atomic mass is 10.1. The van der Waals surface area contributed by atoms with Crippen molar-refractivity contribution in [1.82, 2.24) is 10.4 Å². The van der Waals surface area contributed by atoms with Gasteiger partial charge in [0.2, 0.25) is 0 Å². The average Bonchev–Trinajstić information content (AvgIpc) is 3.61. The molecule has 0 aliphatic heterocycles. The molecular weight excluding hydrogens is 366 g/mol. The van der Waals surface area contributed by atoms with Gasteiger partial charge in [-0.15, -0.1) is 0 Å². The smallest absolute Gasteiger partial charge is 0.272 e. The van der Waals surface area contributed by atoms with Crippen LogP contribution in [0.3, 0.4) is 0 Å². The number of nitrogens with zero attached hydrogens (tertiary/aromatic N) is 2. The lowest BCUT2D eigenvalue weighted by Gasteiger charge is -2.11. The minimum atomic E-state index is -0.252. The van der Waals surface area contributed by atoms with Crippen LogP contribution in [0.5, 0.6) is 11.5 Å². The molecule has 2 aromatic carbocycles. The molecule has 0 atom stereocenters. The number of hydrogen-bond acceptors (Lipinski definition) is 5. The van der Waals surface area contributed by atoms with Crippen molar-refractivity contribution in [1.29, 1.82) is 0 Å². The van der Waals surface area contributed by atoms with Gasteiger partial charge in [-0.1, -0.05) is 18.2 Å². The van der Waals surface area contributed by atoms with E-state index in [0.717, 1.165) is 35.0 Å². The number of methoxy groups -OCH3 is 2. The summed E-state index contributed by atoms with van der Waals surface area (Å²) in [5.74, 6) is 1.53. The van der Waals surface area contributed by atoms with Gasteiger partial charge in [0.1, 0.15) is 11.5 Å². The molecule has 1 aliphatic rings. The van der Waals surface area contributed by atoms with E-state index in [-0.39, 0.29) is 5.91 Å². The maximum absolute atomic E-state index is 12.9. The Kier molecular flexibility index (Phi) is 5.16. The van der Waals surface area contributed by atoms with Gasteiger partial charge in [0.05, 0.1) is 31.0 Å². The Balaban J connectivity index is 1.63. The van der Waals surface area contributed by atoms with Gasteiger partial charge in [-0.2, -0.15) is 5.10 Å². The quantitative estimate of drug-likeness (QED) is 0.504. The Morgan fingerprint density at radius 1 is 1.07 bits per heavy atom. The lowest BCUT2D eigenvalue weighted by Crippen LogP contribution is -2.20. The van der Waals surface area contributed by atoms with Gasteiger partial charge in [0.25, 0.3) is 5.91 Å². The normalized spacial score (nSPS) is 14.0. The number of benzene rings is 2. The van der Waals surface area contributed by atoms with Crippen LogP contribution >= 0.6 is 0 Å². The summed E-state index contributed by atoms with van der Waals surface area (Å²) < 4.78 is 10.7. The van der Waals surface area contributed by atoms with Gasteiger partial charge in [0, 0.05) is 28.6 Å². The predicted molar refractivity (Wildman–Crippen MR) is 113 cm³/mol. The van der Waals surface area contributed by atoms with E-state index < -0.39 is 0 Å². The SMILES string of the molecule is COc1ccc(/C(C)=N\NC(=O)c2cc(C3CC3)nc3ccccc23)c(OC)c1. The van der Waals surface area contributed by atoms with Crippen LogP contribution in [0.25, 0.3) is 10.9 Å². The largest absolute Gasteiger partial charge is 0.497 e. The Bertz CT molecular complexity index is 1100. The molecule has 0 spiro atoms. The van der Waals surface area contributed by atoms with Crippen molar-refractivity contribution in [3.05, 3.63) is 65.4 Å². The first kappa shape index (κ1) is 18.9. The van der Waals surface area contributed by atoms with Crippen LogP contribution in [-0.4, -0.2) is 30.8 Å². The fraction of sp³-hybridized carbons (Fsp3) is 0.261. The Morgan fingerprint density at radius 2 is 1.86 bits per heavy atom. The molecule has 6 heteroatoms. The number of nitrogens with one attached hydrogen (secondary N) is 1. The van der Waals surface area contributed by atoms with Gasteiger partial charge in [-0.3, -0.25) is 9.78 Å². The Hall–Kier alpha value is -3.41. The number of para-hydroxylation sites is 1. The van der Waals surface area contributed by atoms with Crippen LogP contribution in [0.15, 0.2) is 53.6 Å². The summed E-state index contributed by atoms with van der Waals surface area (Å²) in [5, 5.41) is 5.13. The van der Waals surface area contributed by atoms with E-state index >= 15 is 0 Å². The van der Waals surface area contributed by atoms with E-state index in [0.29, 0.717) is 28.7 Å². The third-order valence-electron chi connectivity index (χ3n) is 5.10. The van der Waals surface area contributed by atoms with E-state index in [1.807, 2.05) is 49.4 Å². The topological polar surface area (TPSA) is 72.8 Å². The first-order chi connectivity index (χ1) is 14.1. The van der Waals surface area contributed by atoms with Gasteiger partial charge < -0.3 is 9.47 Å². The minimum absolute atomic E-state index is 0.252.